The van der Waals surface area contributed by atoms with Crippen LogP contribution < -0.4 is 4.74 Å². The van der Waals surface area contributed by atoms with Crippen LogP contribution in [0.2, 0.25) is 0 Å². The standard InChI is InChI=1S/C15H22O4/c1-3-5-7-11-9-10-12(8-6-4-2)14(13(11)16)19-15(17)18/h9-10,16H,3-8H2,1-2H3,(H,17,18). The Morgan fingerprint density at radius 1 is 1.11 bits per heavy atom. The van der Waals surface area contributed by atoms with Crippen LogP contribution >= 0.6 is 0 Å². The van der Waals surface area contributed by atoms with Gasteiger partial charge in [-0.15, -0.1) is 0 Å². The number of aryl methyl sites for hydroxylation is 2. The average Bonchev–Trinajstić information content (AvgIpc) is 2.38. The van der Waals surface area contributed by atoms with Gasteiger partial charge in [-0.05, 0) is 36.8 Å². The highest BCUT2D eigenvalue weighted by molar-refractivity contribution is 5.65. The molecule has 0 amide bonds. The van der Waals surface area contributed by atoms with E-state index in [0.717, 1.165) is 43.2 Å². The molecular formula is C15H22O4. The number of hydrogen-bond acceptors (Lipinski definition) is 3. The van der Waals surface area contributed by atoms with Crippen LogP contribution in [0.15, 0.2) is 12.1 Å². The summed E-state index contributed by atoms with van der Waals surface area (Å²) in [5.74, 6) is 0.0824. The van der Waals surface area contributed by atoms with E-state index in [1.165, 1.54) is 0 Å². The number of benzene rings is 1. The number of rotatable bonds is 7. The van der Waals surface area contributed by atoms with Crippen LogP contribution in [-0.4, -0.2) is 16.4 Å². The zero-order valence-corrected chi connectivity index (χ0v) is 11.6. The number of ether oxygens (including phenoxy) is 1. The third-order valence-corrected chi connectivity index (χ3v) is 3.09. The lowest BCUT2D eigenvalue weighted by Crippen LogP contribution is -2.06. The van der Waals surface area contributed by atoms with Crippen LogP contribution in [0.25, 0.3) is 0 Å². The van der Waals surface area contributed by atoms with E-state index < -0.39 is 6.16 Å². The second-order valence-electron chi connectivity index (χ2n) is 4.64. The minimum atomic E-state index is -1.39. The van der Waals surface area contributed by atoms with Gasteiger partial charge in [-0.3, -0.25) is 0 Å². The van der Waals surface area contributed by atoms with Gasteiger partial charge in [-0.25, -0.2) is 4.79 Å². The molecule has 0 saturated carbocycles. The molecule has 2 N–H and O–H groups in total. The van der Waals surface area contributed by atoms with Crippen LogP contribution in [0, 0.1) is 0 Å². The van der Waals surface area contributed by atoms with Gasteiger partial charge in [0.2, 0.25) is 0 Å². The highest BCUT2D eigenvalue weighted by atomic mass is 16.7. The molecule has 0 spiro atoms. The molecule has 0 radical (unpaired) electrons. The largest absolute Gasteiger partial charge is 0.511 e. The molecule has 106 valence electrons. The Kier molecular flexibility index (Phi) is 6.19. The summed E-state index contributed by atoms with van der Waals surface area (Å²) in [6.07, 6.45) is 3.96. The SMILES string of the molecule is CCCCc1ccc(CCCC)c(OC(=O)O)c1O. The van der Waals surface area contributed by atoms with E-state index in [0.29, 0.717) is 6.42 Å². The molecule has 0 aliphatic carbocycles. The Balaban J connectivity index is 3.04. The van der Waals surface area contributed by atoms with Crippen LogP contribution in [0.3, 0.4) is 0 Å². The minimum Gasteiger partial charge on any atom is -0.504 e. The zero-order valence-electron chi connectivity index (χ0n) is 11.6. The van der Waals surface area contributed by atoms with Crippen molar-refractivity contribution >= 4 is 6.16 Å². The van der Waals surface area contributed by atoms with Crippen LogP contribution in [0.4, 0.5) is 4.79 Å². The van der Waals surface area contributed by atoms with Crippen molar-refractivity contribution in [2.75, 3.05) is 0 Å². The van der Waals surface area contributed by atoms with Gasteiger partial charge in [0.1, 0.15) is 0 Å². The molecular weight excluding hydrogens is 244 g/mol. The number of carboxylic acid groups (broad SMARTS) is 1. The number of phenolic OH excluding ortho intramolecular Hbond substituents is 1. The predicted molar refractivity (Wildman–Crippen MR) is 74.0 cm³/mol. The molecule has 0 aliphatic heterocycles. The normalized spacial score (nSPS) is 10.4. The van der Waals surface area contributed by atoms with Crippen molar-refractivity contribution in [1.82, 2.24) is 0 Å². The molecule has 0 heterocycles. The number of phenols is 1. The van der Waals surface area contributed by atoms with Gasteiger partial charge in [0.25, 0.3) is 0 Å². The third-order valence-electron chi connectivity index (χ3n) is 3.09. The lowest BCUT2D eigenvalue weighted by molar-refractivity contribution is 0.142. The fourth-order valence-electron chi connectivity index (χ4n) is 1.99. The third kappa shape index (κ3) is 4.47. The van der Waals surface area contributed by atoms with Gasteiger partial charge in [0, 0.05) is 0 Å². The summed E-state index contributed by atoms with van der Waals surface area (Å²) in [6, 6.07) is 3.73. The Morgan fingerprint density at radius 2 is 1.63 bits per heavy atom. The molecule has 0 saturated heterocycles. The van der Waals surface area contributed by atoms with Crippen molar-refractivity contribution in [3.8, 4) is 11.5 Å². The summed E-state index contributed by atoms with van der Waals surface area (Å²) in [6.45, 7) is 4.13. The summed E-state index contributed by atoms with van der Waals surface area (Å²) >= 11 is 0. The smallest absolute Gasteiger partial charge is 0.504 e. The van der Waals surface area contributed by atoms with Gasteiger partial charge in [0.15, 0.2) is 11.5 Å². The van der Waals surface area contributed by atoms with Crippen LogP contribution in [0.5, 0.6) is 11.5 Å². The summed E-state index contributed by atoms with van der Waals surface area (Å²) in [4.78, 5) is 10.7. The molecule has 4 heteroatoms. The molecule has 0 bridgehead atoms. The van der Waals surface area contributed by atoms with E-state index in [2.05, 4.69) is 13.8 Å². The first kappa shape index (κ1) is 15.3. The van der Waals surface area contributed by atoms with Crippen molar-refractivity contribution in [2.24, 2.45) is 0 Å². The molecule has 0 unspecified atom stereocenters. The monoisotopic (exact) mass is 266 g/mol. The molecule has 0 atom stereocenters. The summed E-state index contributed by atoms with van der Waals surface area (Å²) in [5, 5.41) is 18.9. The van der Waals surface area contributed by atoms with Gasteiger partial charge >= 0.3 is 6.16 Å². The van der Waals surface area contributed by atoms with E-state index in [4.69, 9.17) is 9.84 Å². The van der Waals surface area contributed by atoms with E-state index >= 15 is 0 Å². The first-order valence-electron chi connectivity index (χ1n) is 6.84. The maximum atomic E-state index is 10.7. The van der Waals surface area contributed by atoms with Crippen molar-refractivity contribution < 1.29 is 19.7 Å². The minimum absolute atomic E-state index is 0.0237. The molecule has 0 aromatic heterocycles. The molecule has 19 heavy (non-hydrogen) atoms. The van der Waals surface area contributed by atoms with E-state index in [-0.39, 0.29) is 11.5 Å². The average molecular weight is 266 g/mol. The van der Waals surface area contributed by atoms with Crippen molar-refractivity contribution in [3.63, 3.8) is 0 Å². The molecule has 0 fully saturated rings. The second kappa shape index (κ2) is 7.67. The van der Waals surface area contributed by atoms with Gasteiger partial charge in [-0.2, -0.15) is 0 Å². The molecule has 1 aromatic carbocycles. The molecule has 0 aliphatic rings. The zero-order chi connectivity index (χ0) is 14.3. The Bertz CT molecular complexity index is 426. The first-order valence-corrected chi connectivity index (χ1v) is 6.84. The fraction of sp³-hybridized carbons (Fsp3) is 0.533. The highest BCUT2D eigenvalue weighted by Gasteiger charge is 2.16. The maximum absolute atomic E-state index is 10.7. The number of carbonyl (C=O) groups is 1. The maximum Gasteiger partial charge on any atom is 0.511 e. The summed E-state index contributed by atoms with van der Waals surface area (Å²) in [5.41, 5.74) is 1.50. The van der Waals surface area contributed by atoms with Crippen molar-refractivity contribution in [3.05, 3.63) is 23.3 Å². The van der Waals surface area contributed by atoms with E-state index in [1.807, 2.05) is 12.1 Å². The Hall–Kier alpha value is -1.71. The van der Waals surface area contributed by atoms with Crippen molar-refractivity contribution in [1.29, 1.82) is 0 Å². The second-order valence-corrected chi connectivity index (χ2v) is 4.64. The van der Waals surface area contributed by atoms with Gasteiger partial charge in [-0.1, -0.05) is 38.8 Å². The number of aromatic hydroxyl groups is 1. The highest BCUT2D eigenvalue weighted by Crippen LogP contribution is 2.35. The lowest BCUT2D eigenvalue weighted by Gasteiger charge is -2.13. The quantitative estimate of drug-likeness (QED) is 0.575. The molecule has 1 rings (SSSR count). The Labute approximate surface area is 114 Å². The summed E-state index contributed by atoms with van der Waals surface area (Å²) in [7, 11) is 0. The van der Waals surface area contributed by atoms with E-state index in [1.54, 1.807) is 0 Å². The fourth-order valence-corrected chi connectivity index (χ4v) is 1.99. The summed E-state index contributed by atoms with van der Waals surface area (Å²) < 4.78 is 4.76. The lowest BCUT2D eigenvalue weighted by atomic mass is 10.0. The predicted octanol–water partition coefficient (Wildman–Crippen LogP) is 4.13. The Morgan fingerprint density at radius 3 is 2.16 bits per heavy atom. The van der Waals surface area contributed by atoms with Gasteiger partial charge in [0.05, 0.1) is 0 Å². The van der Waals surface area contributed by atoms with Crippen LogP contribution in [0.1, 0.15) is 50.7 Å². The number of unbranched alkanes of at least 4 members (excludes halogenated alkanes) is 2. The first-order chi connectivity index (χ1) is 9.10. The van der Waals surface area contributed by atoms with Crippen LogP contribution in [-0.2, 0) is 12.8 Å². The van der Waals surface area contributed by atoms with Gasteiger partial charge < -0.3 is 14.9 Å². The number of hydrogen-bond donors (Lipinski definition) is 2. The van der Waals surface area contributed by atoms with E-state index in [9.17, 15) is 9.90 Å². The molecule has 4 nitrogen and oxygen atoms in total. The van der Waals surface area contributed by atoms with Crippen molar-refractivity contribution in [2.45, 2.75) is 52.4 Å². The topological polar surface area (TPSA) is 66.8 Å². The molecule has 1 aromatic rings.